The van der Waals surface area contributed by atoms with Crippen molar-refractivity contribution >= 4 is 27.5 Å². The molecule has 2 fully saturated rings. The molecule has 1 N–H and O–H groups in total. The molecule has 1 saturated heterocycles. The predicted molar refractivity (Wildman–Crippen MR) is 83.5 cm³/mol. The number of hydrogen-bond donors (Lipinski definition) is 1. The van der Waals surface area contributed by atoms with Gasteiger partial charge in [0.2, 0.25) is 5.91 Å². The normalized spacial score (nSPS) is 25.1. The molecule has 0 spiro atoms. The second-order valence-electron chi connectivity index (χ2n) is 6.04. The Bertz CT molecular complexity index is 681. The zero-order chi connectivity index (χ0) is 15.9. The minimum Gasteiger partial charge on any atom is -0.352 e. The van der Waals surface area contributed by atoms with Crippen molar-refractivity contribution in [1.29, 1.82) is 0 Å². The first-order chi connectivity index (χ1) is 10.4. The fourth-order valence-corrected chi connectivity index (χ4v) is 5.11. The zero-order valence-electron chi connectivity index (χ0n) is 12.7. The van der Waals surface area contributed by atoms with Gasteiger partial charge in [0.1, 0.15) is 5.82 Å². The molecule has 1 aromatic heterocycles. The third kappa shape index (κ3) is 3.45. The van der Waals surface area contributed by atoms with E-state index in [9.17, 15) is 13.2 Å². The van der Waals surface area contributed by atoms with Gasteiger partial charge < -0.3 is 9.88 Å². The van der Waals surface area contributed by atoms with Crippen LogP contribution in [0, 0.1) is 0 Å². The summed E-state index contributed by atoms with van der Waals surface area (Å²) in [5.41, 5.74) is 0. The Labute approximate surface area is 134 Å². The van der Waals surface area contributed by atoms with E-state index in [1.807, 2.05) is 18.5 Å². The van der Waals surface area contributed by atoms with E-state index in [0.717, 1.165) is 12.8 Å². The van der Waals surface area contributed by atoms with Crippen molar-refractivity contribution in [2.45, 2.75) is 48.6 Å². The summed E-state index contributed by atoms with van der Waals surface area (Å²) in [5.74, 6) is 0.973. The van der Waals surface area contributed by atoms with Crippen LogP contribution in [0.1, 0.15) is 37.9 Å². The first-order valence-electron chi connectivity index (χ1n) is 7.42. The van der Waals surface area contributed by atoms with Gasteiger partial charge in [-0.1, -0.05) is 11.8 Å². The van der Waals surface area contributed by atoms with Crippen molar-refractivity contribution in [3.05, 3.63) is 5.82 Å². The van der Waals surface area contributed by atoms with Crippen LogP contribution in [0.3, 0.4) is 0 Å². The topological polar surface area (TPSA) is 93.9 Å². The molecule has 0 bridgehead atoms. The molecule has 2 atom stereocenters. The van der Waals surface area contributed by atoms with Gasteiger partial charge in [0.25, 0.3) is 0 Å². The largest absolute Gasteiger partial charge is 0.352 e. The summed E-state index contributed by atoms with van der Waals surface area (Å²) in [6.07, 6.45) is 2.72. The highest BCUT2D eigenvalue weighted by Gasteiger charge is 2.33. The van der Waals surface area contributed by atoms with E-state index >= 15 is 0 Å². The summed E-state index contributed by atoms with van der Waals surface area (Å²) in [6.45, 7) is 1.84. The molecule has 0 radical (unpaired) electrons. The Balaban J connectivity index is 1.66. The number of sulfone groups is 1. The van der Waals surface area contributed by atoms with Gasteiger partial charge in [0.15, 0.2) is 15.0 Å². The molecule has 122 valence electrons. The molecule has 0 aromatic carbocycles. The lowest BCUT2D eigenvalue weighted by Crippen LogP contribution is -2.32. The Hall–Kier alpha value is -1.09. The predicted octanol–water partition coefficient (Wildman–Crippen LogP) is 0.476. The lowest BCUT2D eigenvalue weighted by molar-refractivity contribution is -0.120. The molecule has 2 heterocycles. The van der Waals surface area contributed by atoms with Gasteiger partial charge in [0, 0.05) is 19.0 Å². The molecule has 3 rings (SSSR count). The van der Waals surface area contributed by atoms with Crippen LogP contribution >= 0.6 is 11.8 Å². The van der Waals surface area contributed by atoms with E-state index in [4.69, 9.17) is 0 Å². The lowest BCUT2D eigenvalue weighted by Gasteiger charge is -2.12. The molecular weight excluding hydrogens is 324 g/mol. The van der Waals surface area contributed by atoms with Crippen molar-refractivity contribution in [3.8, 4) is 0 Å². The highest BCUT2D eigenvalue weighted by Crippen LogP contribution is 2.30. The van der Waals surface area contributed by atoms with Gasteiger partial charge in [-0.2, -0.15) is 0 Å². The highest BCUT2D eigenvalue weighted by molar-refractivity contribution is 8.00. The summed E-state index contributed by atoms with van der Waals surface area (Å²) in [4.78, 5) is 12.0. The first-order valence-corrected chi connectivity index (χ1v) is 10.1. The summed E-state index contributed by atoms with van der Waals surface area (Å²) in [6, 6.07) is 0.342. The number of rotatable bonds is 5. The van der Waals surface area contributed by atoms with Crippen LogP contribution in [-0.2, 0) is 21.7 Å². The van der Waals surface area contributed by atoms with Crippen LogP contribution in [0.25, 0.3) is 0 Å². The van der Waals surface area contributed by atoms with E-state index < -0.39 is 9.84 Å². The van der Waals surface area contributed by atoms with Crippen LogP contribution in [0.5, 0.6) is 0 Å². The average Bonchev–Trinajstić information content (AvgIpc) is 3.09. The number of thioether (sulfide) groups is 1. The molecule has 22 heavy (non-hydrogen) atoms. The second-order valence-corrected chi connectivity index (χ2v) is 9.58. The SMILES string of the molecule is C[C@H](Sc1nnc([C@H]2CCS(=O)(=O)C2)n1C)C(=O)NC1CC1. The molecule has 2 aliphatic rings. The fourth-order valence-electron chi connectivity index (χ4n) is 2.54. The highest BCUT2D eigenvalue weighted by atomic mass is 32.2. The maximum atomic E-state index is 12.0. The number of nitrogens with one attached hydrogen (secondary N) is 1. The van der Waals surface area contributed by atoms with Crippen molar-refractivity contribution in [3.63, 3.8) is 0 Å². The Morgan fingerprint density at radius 2 is 2.09 bits per heavy atom. The van der Waals surface area contributed by atoms with Crippen molar-refractivity contribution < 1.29 is 13.2 Å². The molecule has 1 amide bonds. The van der Waals surface area contributed by atoms with Gasteiger partial charge in [-0.25, -0.2) is 8.42 Å². The monoisotopic (exact) mass is 344 g/mol. The van der Waals surface area contributed by atoms with Crippen molar-refractivity contribution in [2.24, 2.45) is 7.05 Å². The minimum absolute atomic E-state index is 0.0143. The standard InChI is InChI=1S/C13H20N4O3S2/c1-8(12(18)14-10-3-4-10)21-13-16-15-11(17(13)2)9-5-6-22(19,20)7-9/h8-10H,3-7H2,1-2H3,(H,14,18)/t8-,9-/m0/s1. The fraction of sp³-hybridized carbons (Fsp3) is 0.769. The molecule has 1 aliphatic carbocycles. The smallest absolute Gasteiger partial charge is 0.233 e. The first kappa shape index (κ1) is 15.8. The van der Waals surface area contributed by atoms with Gasteiger partial charge >= 0.3 is 0 Å². The summed E-state index contributed by atoms with van der Waals surface area (Å²) < 4.78 is 25.0. The minimum atomic E-state index is -2.95. The zero-order valence-corrected chi connectivity index (χ0v) is 14.3. The van der Waals surface area contributed by atoms with E-state index in [-0.39, 0.29) is 28.6 Å². The van der Waals surface area contributed by atoms with Crippen molar-refractivity contribution in [2.75, 3.05) is 11.5 Å². The third-order valence-corrected chi connectivity index (χ3v) is 6.94. The van der Waals surface area contributed by atoms with Gasteiger partial charge in [-0.15, -0.1) is 10.2 Å². The second kappa shape index (κ2) is 5.84. The number of aromatic nitrogens is 3. The quantitative estimate of drug-likeness (QED) is 0.781. The molecule has 1 aromatic rings. The van der Waals surface area contributed by atoms with Crippen molar-refractivity contribution in [1.82, 2.24) is 20.1 Å². The van der Waals surface area contributed by atoms with E-state index in [1.54, 1.807) is 0 Å². The number of carbonyl (C=O) groups is 1. The summed E-state index contributed by atoms with van der Waals surface area (Å²) in [7, 11) is -1.12. The van der Waals surface area contributed by atoms with Crippen LogP contribution in [-0.4, -0.2) is 51.9 Å². The molecule has 0 unspecified atom stereocenters. The van der Waals surface area contributed by atoms with Gasteiger partial charge in [-0.05, 0) is 26.2 Å². The van der Waals surface area contributed by atoms with Gasteiger partial charge in [0.05, 0.1) is 16.8 Å². The molecule has 1 aliphatic heterocycles. The Morgan fingerprint density at radius 3 is 2.68 bits per heavy atom. The number of hydrogen-bond acceptors (Lipinski definition) is 6. The number of nitrogens with zero attached hydrogens (tertiary/aromatic N) is 3. The van der Waals surface area contributed by atoms with E-state index in [2.05, 4.69) is 15.5 Å². The molecular formula is C13H20N4O3S2. The lowest BCUT2D eigenvalue weighted by atomic mass is 10.1. The number of carbonyl (C=O) groups excluding carboxylic acids is 1. The maximum Gasteiger partial charge on any atom is 0.233 e. The molecule has 7 nitrogen and oxygen atoms in total. The average molecular weight is 344 g/mol. The Morgan fingerprint density at radius 1 is 1.36 bits per heavy atom. The Kier molecular flexibility index (Phi) is 4.19. The van der Waals surface area contributed by atoms with Crippen LogP contribution in [0.4, 0.5) is 0 Å². The van der Waals surface area contributed by atoms with Crippen LogP contribution in [0.15, 0.2) is 5.16 Å². The van der Waals surface area contributed by atoms with Crippen LogP contribution < -0.4 is 5.32 Å². The maximum absolute atomic E-state index is 12.0. The van der Waals surface area contributed by atoms with Crippen LogP contribution in [0.2, 0.25) is 0 Å². The van der Waals surface area contributed by atoms with E-state index in [0.29, 0.717) is 23.4 Å². The van der Waals surface area contributed by atoms with Gasteiger partial charge in [-0.3, -0.25) is 4.79 Å². The van der Waals surface area contributed by atoms with E-state index in [1.165, 1.54) is 11.8 Å². The molecule has 9 heteroatoms. The molecule has 1 saturated carbocycles. The number of amides is 1. The third-order valence-electron chi connectivity index (χ3n) is 4.04. The summed E-state index contributed by atoms with van der Waals surface area (Å²) in [5, 5.41) is 11.6. The summed E-state index contributed by atoms with van der Waals surface area (Å²) >= 11 is 1.36.